The van der Waals surface area contributed by atoms with E-state index in [1.165, 1.54) is 12.8 Å². The van der Waals surface area contributed by atoms with E-state index in [0.717, 1.165) is 18.4 Å². The molecule has 5 nitrogen and oxygen atoms in total. The summed E-state index contributed by atoms with van der Waals surface area (Å²) in [5, 5.41) is 5.82. The Hall–Kier alpha value is -2.04. The van der Waals surface area contributed by atoms with E-state index in [0.29, 0.717) is 6.61 Å². The van der Waals surface area contributed by atoms with Crippen LogP contribution in [-0.4, -0.2) is 24.6 Å². The van der Waals surface area contributed by atoms with Crippen LogP contribution in [0, 0.1) is 0 Å². The lowest BCUT2D eigenvalue weighted by Gasteiger charge is -2.20. The van der Waals surface area contributed by atoms with Gasteiger partial charge in [-0.3, -0.25) is 4.79 Å². The van der Waals surface area contributed by atoms with Gasteiger partial charge in [-0.2, -0.15) is 0 Å². The first kappa shape index (κ1) is 16.3. The highest BCUT2D eigenvalue weighted by Gasteiger charge is 2.22. The number of hydrogen-bond acceptors (Lipinski definition) is 3. The first-order valence-electron chi connectivity index (χ1n) is 7.96. The van der Waals surface area contributed by atoms with Crippen molar-refractivity contribution in [1.29, 1.82) is 0 Å². The fourth-order valence-corrected chi connectivity index (χ4v) is 2.79. The summed E-state index contributed by atoms with van der Waals surface area (Å²) in [6.07, 6.45) is 4.17. The van der Waals surface area contributed by atoms with Gasteiger partial charge >= 0.3 is 6.09 Å². The minimum absolute atomic E-state index is 0.0300. The van der Waals surface area contributed by atoms with E-state index >= 15 is 0 Å². The number of nitrogens with one attached hydrogen (secondary N) is 2. The lowest BCUT2D eigenvalue weighted by Crippen LogP contribution is -2.37. The van der Waals surface area contributed by atoms with Crippen molar-refractivity contribution in [3.63, 3.8) is 0 Å². The Kier molecular flexibility index (Phi) is 6.25. The second-order valence-electron chi connectivity index (χ2n) is 5.58. The van der Waals surface area contributed by atoms with E-state index in [4.69, 9.17) is 4.74 Å². The monoisotopic (exact) mass is 304 g/mol. The maximum atomic E-state index is 12.2. The summed E-state index contributed by atoms with van der Waals surface area (Å²) in [4.78, 5) is 23.9. The number of rotatable bonds is 6. The Morgan fingerprint density at radius 2 is 1.91 bits per heavy atom. The molecule has 1 atom stereocenters. The van der Waals surface area contributed by atoms with Gasteiger partial charge in [0, 0.05) is 6.04 Å². The van der Waals surface area contributed by atoms with Crippen LogP contribution in [0.5, 0.6) is 0 Å². The third-order valence-corrected chi connectivity index (χ3v) is 3.88. The lowest BCUT2D eigenvalue weighted by atomic mass is 10.0. The molecule has 1 aromatic carbocycles. The molecule has 2 N–H and O–H groups in total. The summed E-state index contributed by atoms with van der Waals surface area (Å²) in [5.41, 5.74) is 0.900. The molecule has 0 aromatic heterocycles. The van der Waals surface area contributed by atoms with E-state index in [9.17, 15) is 9.59 Å². The second kappa shape index (κ2) is 8.41. The number of carbonyl (C=O) groups is 2. The fourth-order valence-electron chi connectivity index (χ4n) is 2.79. The maximum absolute atomic E-state index is 12.2. The molecule has 1 fully saturated rings. The zero-order chi connectivity index (χ0) is 15.8. The molecule has 1 aromatic rings. The van der Waals surface area contributed by atoms with Gasteiger partial charge in [0.2, 0.25) is 5.91 Å². The van der Waals surface area contributed by atoms with Crippen molar-refractivity contribution in [3.05, 3.63) is 35.9 Å². The molecule has 0 heterocycles. The average Bonchev–Trinajstić information content (AvgIpc) is 3.00. The molecule has 5 heteroatoms. The number of benzene rings is 1. The normalized spacial score (nSPS) is 16.0. The van der Waals surface area contributed by atoms with E-state index in [-0.39, 0.29) is 24.4 Å². The first-order chi connectivity index (χ1) is 10.7. The van der Waals surface area contributed by atoms with Crippen LogP contribution in [-0.2, 0) is 9.53 Å². The van der Waals surface area contributed by atoms with E-state index in [2.05, 4.69) is 10.6 Å². The minimum atomic E-state index is -0.495. The summed E-state index contributed by atoms with van der Waals surface area (Å²) >= 11 is 0. The Morgan fingerprint density at radius 3 is 2.55 bits per heavy atom. The molecule has 2 rings (SSSR count). The molecule has 0 radical (unpaired) electrons. The topological polar surface area (TPSA) is 67.4 Å². The number of carbonyl (C=O) groups excluding carboxylic acids is 2. The van der Waals surface area contributed by atoms with E-state index in [1.54, 1.807) is 6.92 Å². The average molecular weight is 304 g/mol. The minimum Gasteiger partial charge on any atom is -0.450 e. The van der Waals surface area contributed by atoms with Gasteiger partial charge in [0.05, 0.1) is 19.1 Å². The Bertz CT molecular complexity index is 484. The van der Waals surface area contributed by atoms with Crippen LogP contribution in [0.25, 0.3) is 0 Å². The molecule has 0 bridgehead atoms. The Morgan fingerprint density at radius 1 is 1.23 bits per heavy atom. The van der Waals surface area contributed by atoms with Crippen molar-refractivity contribution in [3.8, 4) is 0 Å². The standard InChI is InChI=1S/C17H24N2O3/c1-2-22-17(21)19-15(13-8-4-3-5-9-13)12-16(20)18-14-10-6-7-11-14/h3-5,8-9,14-15H,2,6-7,10-12H2,1H3,(H,18,20)(H,19,21)/t15-/m1/s1. The quantitative estimate of drug-likeness (QED) is 0.849. The Balaban J connectivity index is 1.97. The second-order valence-corrected chi connectivity index (χ2v) is 5.58. The van der Waals surface area contributed by atoms with Crippen molar-refractivity contribution in [2.45, 2.75) is 51.1 Å². The van der Waals surface area contributed by atoms with Crippen molar-refractivity contribution in [2.24, 2.45) is 0 Å². The van der Waals surface area contributed by atoms with E-state index in [1.807, 2.05) is 30.3 Å². The third-order valence-electron chi connectivity index (χ3n) is 3.88. The van der Waals surface area contributed by atoms with Crippen molar-refractivity contribution in [1.82, 2.24) is 10.6 Å². The van der Waals surface area contributed by atoms with Gasteiger partial charge in [-0.15, -0.1) is 0 Å². The largest absolute Gasteiger partial charge is 0.450 e. The predicted molar refractivity (Wildman–Crippen MR) is 84.4 cm³/mol. The van der Waals surface area contributed by atoms with Crippen LogP contribution in [0.1, 0.15) is 50.6 Å². The molecule has 120 valence electrons. The van der Waals surface area contributed by atoms with Gasteiger partial charge in [0.25, 0.3) is 0 Å². The molecular formula is C17H24N2O3. The van der Waals surface area contributed by atoms with Crippen LogP contribution in [0.4, 0.5) is 4.79 Å². The van der Waals surface area contributed by atoms with Gasteiger partial charge in [0.1, 0.15) is 0 Å². The zero-order valence-electron chi connectivity index (χ0n) is 13.0. The summed E-state index contributed by atoms with van der Waals surface area (Å²) in [6.45, 7) is 2.06. The number of amides is 2. The van der Waals surface area contributed by atoms with Gasteiger partial charge in [0.15, 0.2) is 0 Å². The molecule has 22 heavy (non-hydrogen) atoms. The van der Waals surface area contributed by atoms with Crippen LogP contribution < -0.4 is 10.6 Å². The molecule has 1 aliphatic carbocycles. The summed E-state index contributed by atoms with van der Waals surface area (Å²) < 4.78 is 4.93. The smallest absolute Gasteiger partial charge is 0.407 e. The SMILES string of the molecule is CCOC(=O)N[C@H](CC(=O)NC1CCCC1)c1ccccc1. The highest BCUT2D eigenvalue weighted by Crippen LogP contribution is 2.20. The third kappa shape index (κ3) is 5.06. The number of hydrogen-bond donors (Lipinski definition) is 2. The lowest BCUT2D eigenvalue weighted by molar-refractivity contribution is -0.122. The Labute approximate surface area is 131 Å². The van der Waals surface area contributed by atoms with Gasteiger partial charge < -0.3 is 15.4 Å². The van der Waals surface area contributed by atoms with Crippen LogP contribution in [0.3, 0.4) is 0 Å². The molecule has 0 spiro atoms. The van der Waals surface area contributed by atoms with Gasteiger partial charge in [-0.1, -0.05) is 43.2 Å². The van der Waals surface area contributed by atoms with Gasteiger partial charge in [-0.25, -0.2) is 4.79 Å². The summed E-state index contributed by atoms with van der Waals surface area (Å²) in [7, 11) is 0. The van der Waals surface area contributed by atoms with Crippen LogP contribution in [0.2, 0.25) is 0 Å². The number of ether oxygens (including phenoxy) is 1. The highest BCUT2D eigenvalue weighted by molar-refractivity contribution is 5.78. The highest BCUT2D eigenvalue weighted by atomic mass is 16.5. The molecular weight excluding hydrogens is 280 g/mol. The summed E-state index contributed by atoms with van der Waals surface area (Å²) in [6, 6.07) is 9.41. The summed E-state index contributed by atoms with van der Waals surface area (Å²) in [5.74, 6) is -0.0300. The molecule has 0 saturated heterocycles. The maximum Gasteiger partial charge on any atom is 0.407 e. The van der Waals surface area contributed by atoms with E-state index < -0.39 is 6.09 Å². The predicted octanol–water partition coefficient (Wildman–Crippen LogP) is 2.92. The molecule has 0 unspecified atom stereocenters. The molecule has 1 aliphatic rings. The molecule has 1 saturated carbocycles. The molecule has 0 aliphatic heterocycles. The number of alkyl carbamates (subject to hydrolysis) is 1. The first-order valence-corrected chi connectivity index (χ1v) is 7.96. The van der Waals surface area contributed by atoms with Gasteiger partial charge in [-0.05, 0) is 25.3 Å². The van der Waals surface area contributed by atoms with Crippen molar-refractivity contribution < 1.29 is 14.3 Å². The molecule has 2 amide bonds. The van der Waals surface area contributed by atoms with Crippen LogP contribution >= 0.6 is 0 Å². The zero-order valence-corrected chi connectivity index (χ0v) is 13.0. The fraction of sp³-hybridized carbons (Fsp3) is 0.529. The van der Waals surface area contributed by atoms with Crippen molar-refractivity contribution >= 4 is 12.0 Å². The van der Waals surface area contributed by atoms with Crippen molar-refractivity contribution in [2.75, 3.05) is 6.61 Å². The van der Waals surface area contributed by atoms with Crippen LogP contribution in [0.15, 0.2) is 30.3 Å².